The van der Waals surface area contributed by atoms with Gasteiger partial charge < -0.3 is 15.4 Å². The van der Waals surface area contributed by atoms with E-state index in [1.165, 1.54) is 0 Å². The first-order chi connectivity index (χ1) is 8.65. The van der Waals surface area contributed by atoms with E-state index in [1.54, 1.807) is 0 Å². The molecule has 0 radical (unpaired) electrons. The molecule has 1 saturated heterocycles. The fourth-order valence-electron chi connectivity index (χ4n) is 2.17. The number of morpholine rings is 1. The second-order valence-corrected chi connectivity index (χ2v) is 6.08. The van der Waals surface area contributed by atoms with Gasteiger partial charge >= 0.3 is 0 Å². The van der Waals surface area contributed by atoms with E-state index in [4.69, 9.17) is 4.74 Å². The molecule has 0 bridgehead atoms. The number of nitrogens with one attached hydrogen (secondary N) is 2. The third kappa shape index (κ3) is 4.78. The maximum absolute atomic E-state index is 11.9. The predicted molar refractivity (Wildman–Crippen MR) is 77.1 cm³/mol. The molecule has 1 atom stereocenters. The number of hydrogen-bond acceptors (Lipinski definition) is 4. The summed E-state index contributed by atoms with van der Waals surface area (Å²) in [6.45, 7) is 7.36. The van der Waals surface area contributed by atoms with Gasteiger partial charge in [0, 0.05) is 30.3 Å². The molecule has 18 heavy (non-hydrogen) atoms. The van der Waals surface area contributed by atoms with Gasteiger partial charge in [0.25, 0.3) is 0 Å². The van der Waals surface area contributed by atoms with E-state index in [-0.39, 0.29) is 16.7 Å². The Labute approximate surface area is 115 Å². The van der Waals surface area contributed by atoms with Crippen LogP contribution in [-0.4, -0.2) is 49.3 Å². The molecule has 1 aliphatic heterocycles. The molecule has 0 aromatic rings. The smallest absolute Gasteiger partial charge is 0.221 e. The largest absolute Gasteiger partial charge is 0.378 e. The van der Waals surface area contributed by atoms with Gasteiger partial charge in [-0.3, -0.25) is 4.79 Å². The number of carbonyl (C=O) groups excluding carboxylic acids is 1. The van der Waals surface area contributed by atoms with Gasteiger partial charge in [-0.1, -0.05) is 13.8 Å². The summed E-state index contributed by atoms with van der Waals surface area (Å²) in [5, 5.41) is 6.37. The molecule has 1 aliphatic rings. The van der Waals surface area contributed by atoms with Gasteiger partial charge in [-0.2, -0.15) is 11.8 Å². The fraction of sp³-hybridized carbons (Fsp3) is 0.923. The monoisotopic (exact) mass is 274 g/mol. The number of rotatable bonds is 7. The third-order valence-corrected chi connectivity index (χ3v) is 5.35. The minimum Gasteiger partial charge on any atom is -0.378 e. The maximum Gasteiger partial charge on any atom is 0.221 e. The summed E-state index contributed by atoms with van der Waals surface area (Å²) in [5.41, 5.74) is 0. The van der Waals surface area contributed by atoms with Gasteiger partial charge in [-0.05, 0) is 19.1 Å². The Hall–Kier alpha value is -0.260. The minimum atomic E-state index is 0.123. The van der Waals surface area contributed by atoms with Crippen molar-refractivity contribution < 1.29 is 9.53 Å². The second-order valence-electron chi connectivity index (χ2n) is 4.80. The van der Waals surface area contributed by atoms with Crippen LogP contribution in [0.4, 0.5) is 0 Å². The van der Waals surface area contributed by atoms with Gasteiger partial charge in [0.05, 0.1) is 13.2 Å². The maximum atomic E-state index is 11.9. The molecule has 1 rings (SSSR count). The van der Waals surface area contributed by atoms with Crippen LogP contribution in [0.25, 0.3) is 0 Å². The van der Waals surface area contributed by atoms with Crippen LogP contribution in [-0.2, 0) is 9.53 Å². The summed E-state index contributed by atoms with van der Waals surface area (Å²) < 4.78 is 5.53. The highest BCUT2D eigenvalue weighted by molar-refractivity contribution is 8.00. The van der Waals surface area contributed by atoms with Crippen molar-refractivity contribution in [3.8, 4) is 0 Å². The van der Waals surface area contributed by atoms with Gasteiger partial charge in [-0.15, -0.1) is 0 Å². The molecular formula is C13H26N2O2S. The lowest BCUT2D eigenvalue weighted by molar-refractivity contribution is -0.122. The summed E-state index contributed by atoms with van der Waals surface area (Å²) in [6, 6.07) is 0.172. The average Bonchev–Trinajstić information content (AvgIpc) is 2.42. The summed E-state index contributed by atoms with van der Waals surface area (Å²) >= 11 is 1.85. The molecule has 0 aliphatic carbocycles. The first kappa shape index (κ1) is 15.8. The highest BCUT2D eigenvalue weighted by Crippen LogP contribution is 2.29. The standard InChI is InChI=1S/C13H26N2O2S/c1-4-13(5-2,18-3)10-15-12(16)8-11-9-17-7-6-14-11/h11,14H,4-10H2,1-3H3,(H,15,16). The molecule has 1 heterocycles. The molecule has 0 saturated carbocycles. The first-order valence-corrected chi connectivity index (χ1v) is 8.01. The molecule has 1 amide bonds. The number of ether oxygens (including phenoxy) is 1. The Morgan fingerprint density at radius 3 is 2.72 bits per heavy atom. The van der Waals surface area contributed by atoms with Crippen molar-refractivity contribution in [3.05, 3.63) is 0 Å². The van der Waals surface area contributed by atoms with E-state index in [0.29, 0.717) is 13.0 Å². The Morgan fingerprint density at radius 2 is 2.22 bits per heavy atom. The van der Waals surface area contributed by atoms with E-state index >= 15 is 0 Å². The van der Waals surface area contributed by atoms with Crippen LogP contribution in [0.2, 0.25) is 0 Å². The topological polar surface area (TPSA) is 50.4 Å². The van der Waals surface area contributed by atoms with Gasteiger partial charge in [0.15, 0.2) is 0 Å². The summed E-state index contributed by atoms with van der Waals surface area (Å²) in [7, 11) is 0. The average molecular weight is 274 g/mol. The van der Waals surface area contributed by atoms with E-state index in [1.807, 2.05) is 11.8 Å². The zero-order valence-electron chi connectivity index (χ0n) is 11.8. The van der Waals surface area contributed by atoms with Crippen molar-refractivity contribution >= 4 is 17.7 Å². The van der Waals surface area contributed by atoms with Crippen molar-refractivity contribution in [2.45, 2.75) is 43.9 Å². The summed E-state index contributed by atoms with van der Waals surface area (Å²) in [4.78, 5) is 11.9. The van der Waals surface area contributed by atoms with Crippen LogP contribution >= 0.6 is 11.8 Å². The lowest BCUT2D eigenvalue weighted by Gasteiger charge is -2.30. The number of thioether (sulfide) groups is 1. The Bertz CT molecular complexity index is 243. The lowest BCUT2D eigenvalue weighted by atomic mass is 10.0. The van der Waals surface area contributed by atoms with Crippen molar-refractivity contribution in [3.63, 3.8) is 0 Å². The zero-order chi connectivity index (χ0) is 13.4. The highest BCUT2D eigenvalue weighted by atomic mass is 32.2. The second kappa shape index (κ2) is 8.02. The molecule has 4 nitrogen and oxygen atoms in total. The van der Waals surface area contributed by atoms with Crippen molar-refractivity contribution in [2.24, 2.45) is 0 Å². The van der Waals surface area contributed by atoms with Crippen LogP contribution in [0.1, 0.15) is 33.1 Å². The van der Waals surface area contributed by atoms with E-state index < -0.39 is 0 Å². The van der Waals surface area contributed by atoms with Crippen molar-refractivity contribution in [2.75, 3.05) is 32.6 Å². The van der Waals surface area contributed by atoms with E-state index in [9.17, 15) is 4.79 Å². The Balaban J connectivity index is 2.30. The molecule has 0 aromatic heterocycles. The molecule has 0 aromatic carbocycles. The lowest BCUT2D eigenvalue weighted by Crippen LogP contribution is -2.46. The summed E-state index contributed by atoms with van der Waals surface area (Å²) in [6.07, 6.45) is 4.79. The molecule has 2 N–H and O–H groups in total. The third-order valence-electron chi connectivity index (χ3n) is 3.76. The molecule has 5 heteroatoms. The normalized spacial score (nSPS) is 20.7. The van der Waals surface area contributed by atoms with Crippen molar-refractivity contribution in [1.29, 1.82) is 0 Å². The van der Waals surface area contributed by atoms with Crippen LogP contribution in [0.15, 0.2) is 0 Å². The van der Waals surface area contributed by atoms with Gasteiger partial charge in [-0.25, -0.2) is 0 Å². The Morgan fingerprint density at radius 1 is 1.50 bits per heavy atom. The number of carbonyl (C=O) groups is 1. The molecule has 0 spiro atoms. The number of amides is 1. The molecule has 1 unspecified atom stereocenters. The van der Waals surface area contributed by atoms with Crippen LogP contribution in [0.5, 0.6) is 0 Å². The van der Waals surface area contributed by atoms with E-state index in [0.717, 1.165) is 32.5 Å². The molecular weight excluding hydrogens is 248 g/mol. The van der Waals surface area contributed by atoms with Gasteiger partial charge in [0.1, 0.15) is 0 Å². The van der Waals surface area contributed by atoms with Crippen LogP contribution < -0.4 is 10.6 Å². The quantitative estimate of drug-likeness (QED) is 0.737. The first-order valence-electron chi connectivity index (χ1n) is 6.78. The minimum absolute atomic E-state index is 0.123. The van der Waals surface area contributed by atoms with Crippen LogP contribution in [0.3, 0.4) is 0 Å². The zero-order valence-corrected chi connectivity index (χ0v) is 12.6. The fourth-order valence-corrected chi connectivity index (χ4v) is 2.96. The van der Waals surface area contributed by atoms with Crippen LogP contribution in [0, 0.1) is 0 Å². The number of hydrogen-bond donors (Lipinski definition) is 2. The molecule has 106 valence electrons. The van der Waals surface area contributed by atoms with E-state index in [2.05, 4.69) is 30.7 Å². The summed E-state index contributed by atoms with van der Waals surface area (Å²) in [5.74, 6) is 0.123. The Kier molecular flexibility index (Phi) is 7.04. The van der Waals surface area contributed by atoms with Gasteiger partial charge in [0.2, 0.25) is 5.91 Å². The molecule has 1 fully saturated rings. The predicted octanol–water partition coefficient (Wildman–Crippen LogP) is 1.40. The highest BCUT2D eigenvalue weighted by Gasteiger charge is 2.26. The van der Waals surface area contributed by atoms with Crippen molar-refractivity contribution in [1.82, 2.24) is 10.6 Å². The SMILES string of the molecule is CCC(CC)(CNC(=O)CC1COCCN1)SC.